The van der Waals surface area contributed by atoms with E-state index in [4.69, 9.17) is 0 Å². The molecule has 0 radical (unpaired) electrons. The van der Waals surface area contributed by atoms with Crippen LogP contribution in [0.1, 0.15) is 26.3 Å². The molecule has 0 aliphatic heterocycles. The molecule has 2 heterocycles. The third-order valence-corrected chi connectivity index (χ3v) is 3.52. The van der Waals surface area contributed by atoms with E-state index in [0.29, 0.717) is 5.52 Å². The number of aryl methyl sites for hydroxylation is 1. The topological polar surface area (TPSA) is 39.8 Å². The maximum atomic E-state index is 12.7. The number of benzene rings is 1. The third-order valence-electron chi connectivity index (χ3n) is 3.52. The summed E-state index contributed by atoms with van der Waals surface area (Å²) in [5.74, 6) is 0. The first kappa shape index (κ1) is 13.6. The average Bonchev–Trinajstić information content (AvgIpc) is 2.74. The lowest BCUT2D eigenvalue weighted by molar-refractivity contribution is 0.323. The molecule has 4 nitrogen and oxygen atoms in total. The van der Waals surface area contributed by atoms with E-state index in [1.54, 1.807) is 10.9 Å². The van der Waals surface area contributed by atoms with Crippen LogP contribution in [0, 0.1) is 6.92 Å². The number of fused-ring (bicyclic) bond motifs is 1. The average molecular weight is 281 g/mol. The van der Waals surface area contributed by atoms with Crippen molar-refractivity contribution in [2.24, 2.45) is 0 Å². The Hall–Kier alpha value is -2.36. The van der Waals surface area contributed by atoms with Crippen molar-refractivity contribution in [1.82, 2.24) is 14.3 Å². The number of aromatic nitrogens is 3. The molecule has 2 aromatic heterocycles. The highest BCUT2D eigenvalue weighted by Gasteiger charge is 2.24. The number of hydrogen-bond donors (Lipinski definition) is 0. The van der Waals surface area contributed by atoms with Gasteiger partial charge in [0.25, 0.3) is 5.56 Å². The quantitative estimate of drug-likeness (QED) is 0.687. The van der Waals surface area contributed by atoms with Crippen LogP contribution in [0.4, 0.5) is 0 Å². The van der Waals surface area contributed by atoms with Crippen molar-refractivity contribution in [2.75, 3.05) is 0 Å². The Labute approximate surface area is 123 Å². The van der Waals surface area contributed by atoms with Gasteiger partial charge in [-0.15, -0.1) is 0 Å². The molecule has 21 heavy (non-hydrogen) atoms. The Morgan fingerprint density at radius 3 is 2.33 bits per heavy atom. The minimum Gasteiger partial charge on any atom is -0.265 e. The SMILES string of the molecule is Cc1ccc(-n2c3cccnc3c(=O)n2C(C)(C)C)cc1. The zero-order chi connectivity index (χ0) is 15.2. The maximum absolute atomic E-state index is 12.7. The van der Waals surface area contributed by atoms with Gasteiger partial charge < -0.3 is 0 Å². The highest BCUT2D eigenvalue weighted by atomic mass is 16.1. The molecule has 0 N–H and O–H groups in total. The predicted octanol–water partition coefficient (Wildman–Crippen LogP) is 3.25. The molecule has 1 aromatic carbocycles. The van der Waals surface area contributed by atoms with Crippen LogP contribution in [0.3, 0.4) is 0 Å². The van der Waals surface area contributed by atoms with Gasteiger partial charge in [0.2, 0.25) is 0 Å². The van der Waals surface area contributed by atoms with Crippen molar-refractivity contribution in [3.63, 3.8) is 0 Å². The zero-order valence-corrected chi connectivity index (χ0v) is 12.8. The second-order valence-electron chi connectivity index (χ2n) is 6.31. The van der Waals surface area contributed by atoms with Gasteiger partial charge in [0, 0.05) is 6.20 Å². The summed E-state index contributed by atoms with van der Waals surface area (Å²) in [5, 5.41) is 0. The number of pyridine rings is 1. The van der Waals surface area contributed by atoms with Crippen molar-refractivity contribution in [2.45, 2.75) is 33.2 Å². The van der Waals surface area contributed by atoms with Gasteiger partial charge in [-0.3, -0.25) is 4.79 Å². The summed E-state index contributed by atoms with van der Waals surface area (Å²) in [5.41, 5.74) is 3.12. The van der Waals surface area contributed by atoms with Gasteiger partial charge in [-0.2, -0.15) is 0 Å². The molecule has 4 heteroatoms. The Balaban J connectivity index is 2.45. The first-order valence-corrected chi connectivity index (χ1v) is 7.06. The van der Waals surface area contributed by atoms with Crippen LogP contribution >= 0.6 is 0 Å². The van der Waals surface area contributed by atoms with Gasteiger partial charge >= 0.3 is 0 Å². The minimum atomic E-state index is -0.331. The summed E-state index contributed by atoms with van der Waals surface area (Å²) in [6, 6.07) is 12.0. The van der Waals surface area contributed by atoms with Gasteiger partial charge in [0.15, 0.2) is 5.52 Å². The highest BCUT2D eigenvalue weighted by molar-refractivity contribution is 5.76. The fraction of sp³-hybridized carbons (Fsp3) is 0.294. The van der Waals surface area contributed by atoms with Crippen LogP contribution < -0.4 is 5.56 Å². The molecule has 108 valence electrons. The lowest BCUT2D eigenvalue weighted by atomic mass is 10.1. The molecule has 0 aliphatic carbocycles. The Morgan fingerprint density at radius 1 is 1.05 bits per heavy atom. The number of nitrogens with zero attached hydrogens (tertiary/aromatic N) is 3. The van der Waals surface area contributed by atoms with Crippen molar-refractivity contribution in [3.05, 3.63) is 58.5 Å². The van der Waals surface area contributed by atoms with E-state index in [0.717, 1.165) is 11.2 Å². The fourth-order valence-electron chi connectivity index (χ4n) is 2.58. The number of rotatable bonds is 1. The normalized spacial score (nSPS) is 12.0. The smallest absolute Gasteiger partial charge is 0.265 e. The van der Waals surface area contributed by atoms with E-state index in [9.17, 15) is 4.79 Å². The lowest BCUT2D eigenvalue weighted by Crippen LogP contribution is -2.36. The second kappa shape index (κ2) is 4.58. The van der Waals surface area contributed by atoms with Gasteiger partial charge in [-0.1, -0.05) is 17.7 Å². The molecule has 0 amide bonds. The van der Waals surface area contributed by atoms with Crippen LogP contribution in [-0.4, -0.2) is 14.3 Å². The van der Waals surface area contributed by atoms with Gasteiger partial charge in [0.1, 0.15) is 0 Å². The third kappa shape index (κ3) is 2.17. The summed E-state index contributed by atoms with van der Waals surface area (Å²) in [7, 11) is 0. The molecule has 0 saturated heterocycles. The molecular formula is C17H19N3O. The van der Waals surface area contributed by atoms with E-state index < -0.39 is 0 Å². The molecule has 0 unspecified atom stereocenters. The summed E-state index contributed by atoms with van der Waals surface area (Å²) >= 11 is 0. The van der Waals surface area contributed by atoms with E-state index in [1.807, 2.05) is 49.7 Å². The molecule has 0 fully saturated rings. The van der Waals surface area contributed by atoms with E-state index in [2.05, 4.69) is 24.0 Å². The predicted molar refractivity (Wildman–Crippen MR) is 85.1 cm³/mol. The van der Waals surface area contributed by atoms with Crippen LogP contribution in [0.15, 0.2) is 47.4 Å². The molecule has 0 atom stereocenters. The van der Waals surface area contributed by atoms with Crippen LogP contribution in [-0.2, 0) is 5.54 Å². The van der Waals surface area contributed by atoms with Gasteiger partial charge in [-0.05, 0) is 52.0 Å². The molecule has 0 spiro atoms. The molecule has 0 bridgehead atoms. The van der Waals surface area contributed by atoms with Crippen LogP contribution in [0.25, 0.3) is 16.7 Å². The first-order chi connectivity index (χ1) is 9.89. The Kier molecular flexibility index (Phi) is 2.97. The van der Waals surface area contributed by atoms with Crippen molar-refractivity contribution in [1.29, 1.82) is 0 Å². The monoisotopic (exact) mass is 281 g/mol. The van der Waals surface area contributed by atoms with Gasteiger partial charge in [-0.25, -0.2) is 14.3 Å². The minimum absolute atomic E-state index is 0.0568. The molecule has 3 aromatic rings. The number of hydrogen-bond acceptors (Lipinski definition) is 2. The first-order valence-electron chi connectivity index (χ1n) is 7.06. The summed E-state index contributed by atoms with van der Waals surface area (Å²) in [6.07, 6.45) is 1.66. The van der Waals surface area contributed by atoms with Crippen molar-refractivity contribution in [3.8, 4) is 5.69 Å². The standard InChI is InChI=1S/C17H19N3O/c1-12-7-9-13(10-8-12)19-14-6-5-11-18-15(14)16(21)20(19)17(2,3)4/h5-11H,1-4H3. The summed E-state index contributed by atoms with van der Waals surface area (Å²) in [6.45, 7) is 8.13. The molecule has 0 aliphatic rings. The molecule has 0 saturated carbocycles. The lowest BCUT2D eigenvalue weighted by Gasteiger charge is -2.25. The van der Waals surface area contributed by atoms with E-state index in [-0.39, 0.29) is 11.1 Å². The highest BCUT2D eigenvalue weighted by Crippen LogP contribution is 2.21. The Bertz CT molecular complexity index is 848. The molecular weight excluding hydrogens is 262 g/mol. The maximum Gasteiger partial charge on any atom is 0.294 e. The largest absolute Gasteiger partial charge is 0.294 e. The zero-order valence-electron chi connectivity index (χ0n) is 12.8. The van der Waals surface area contributed by atoms with Crippen molar-refractivity contribution < 1.29 is 0 Å². The van der Waals surface area contributed by atoms with E-state index in [1.165, 1.54) is 5.56 Å². The molecule has 3 rings (SSSR count). The Morgan fingerprint density at radius 2 is 1.71 bits per heavy atom. The van der Waals surface area contributed by atoms with E-state index >= 15 is 0 Å². The van der Waals surface area contributed by atoms with Gasteiger partial charge in [0.05, 0.1) is 16.7 Å². The fourth-order valence-corrected chi connectivity index (χ4v) is 2.58. The second-order valence-corrected chi connectivity index (χ2v) is 6.31. The van der Waals surface area contributed by atoms with Crippen LogP contribution in [0.5, 0.6) is 0 Å². The summed E-state index contributed by atoms with van der Waals surface area (Å²) in [4.78, 5) is 17.0. The van der Waals surface area contributed by atoms with Crippen molar-refractivity contribution >= 4 is 11.0 Å². The summed E-state index contributed by atoms with van der Waals surface area (Å²) < 4.78 is 3.74. The van der Waals surface area contributed by atoms with Crippen LogP contribution in [0.2, 0.25) is 0 Å².